The second-order valence-electron chi connectivity index (χ2n) is 6.39. The van der Waals surface area contributed by atoms with Gasteiger partial charge in [0.1, 0.15) is 18.0 Å². The van der Waals surface area contributed by atoms with Crippen LogP contribution in [0.3, 0.4) is 0 Å². The van der Waals surface area contributed by atoms with Gasteiger partial charge >= 0.3 is 5.97 Å². The molecule has 0 amide bonds. The number of fused-ring (bicyclic) bond motifs is 1. The van der Waals surface area contributed by atoms with Crippen molar-refractivity contribution in [3.8, 4) is 28.5 Å². The Kier molecular flexibility index (Phi) is 5.44. The van der Waals surface area contributed by atoms with Crippen molar-refractivity contribution in [3.05, 3.63) is 53.8 Å². The molecular weight excluding hydrogens is 393 g/mol. The fourth-order valence-electron chi connectivity index (χ4n) is 2.97. The number of ether oxygens (including phenoxy) is 3. The molecule has 0 spiro atoms. The molecule has 0 radical (unpaired) electrons. The Morgan fingerprint density at radius 1 is 1.13 bits per heavy atom. The van der Waals surface area contributed by atoms with Crippen LogP contribution in [-0.2, 0) is 9.47 Å². The monoisotopic (exact) mass is 411 g/mol. The van der Waals surface area contributed by atoms with Gasteiger partial charge in [0, 0.05) is 30.2 Å². The number of carbonyl (C=O) groups excluding carboxylic acids is 1. The van der Waals surface area contributed by atoms with Gasteiger partial charge in [-0.3, -0.25) is 5.10 Å². The predicted molar refractivity (Wildman–Crippen MR) is 106 cm³/mol. The summed E-state index contributed by atoms with van der Waals surface area (Å²) in [5, 5.41) is 11.7. The smallest absolute Gasteiger partial charge is 0.337 e. The molecule has 0 unspecified atom stereocenters. The fourth-order valence-corrected chi connectivity index (χ4v) is 2.97. The Labute approximate surface area is 170 Å². The number of aromatic nitrogens is 3. The number of rotatable bonds is 7. The Morgan fingerprint density at radius 2 is 1.93 bits per heavy atom. The van der Waals surface area contributed by atoms with Crippen LogP contribution in [0.1, 0.15) is 10.4 Å². The summed E-state index contributed by atoms with van der Waals surface area (Å²) in [6.45, 7) is 0.591. The highest BCUT2D eigenvalue weighted by atomic mass is 19.1. The molecule has 2 aromatic heterocycles. The van der Waals surface area contributed by atoms with Crippen LogP contribution in [0.4, 0.5) is 4.39 Å². The van der Waals surface area contributed by atoms with Gasteiger partial charge < -0.3 is 18.7 Å². The number of benzene rings is 2. The van der Waals surface area contributed by atoms with E-state index in [1.165, 1.54) is 13.2 Å². The minimum absolute atomic E-state index is 0.110. The number of H-pyrrole nitrogens is 1. The molecule has 0 atom stereocenters. The average Bonchev–Trinajstić information content (AvgIpc) is 3.40. The van der Waals surface area contributed by atoms with Crippen molar-refractivity contribution < 1.29 is 27.9 Å². The topological polar surface area (TPSA) is 99.5 Å². The van der Waals surface area contributed by atoms with E-state index in [0.717, 1.165) is 5.56 Å². The van der Waals surface area contributed by atoms with Gasteiger partial charge in [-0.1, -0.05) is 17.3 Å². The predicted octanol–water partition coefficient (Wildman–Crippen LogP) is 3.84. The first kappa shape index (κ1) is 19.6. The molecule has 9 heteroatoms. The molecule has 0 bridgehead atoms. The van der Waals surface area contributed by atoms with E-state index in [9.17, 15) is 9.18 Å². The highest BCUT2D eigenvalue weighted by Crippen LogP contribution is 2.33. The van der Waals surface area contributed by atoms with Crippen LogP contribution in [0, 0.1) is 5.82 Å². The molecule has 0 aliphatic carbocycles. The van der Waals surface area contributed by atoms with E-state index in [2.05, 4.69) is 15.4 Å². The van der Waals surface area contributed by atoms with Crippen LogP contribution in [0.25, 0.3) is 33.6 Å². The van der Waals surface area contributed by atoms with Crippen LogP contribution in [0.5, 0.6) is 5.75 Å². The molecular formula is C21H18FN3O5. The summed E-state index contributed by atoms with van der Waals surface area (Å²) in [5.74, 6) is -0.447. The molecule has 0 saturated heterocycles. The molecule has 0 saturated carbocycles. The highest BCUT2D eigenvalue weighted by molar-refractivity contribution is 5.93. The largest absolute Gasteiger partial charge is 0.488 e. The van der Waals surface area contributed by atoms with E-state index >= 15 is 0 Å². The number of carbonyl (C=O) groups is 1. The summed E-state index contributed by atoms with van der Waals surface area (Å²) in [6.07, 6.45) is 0. The van der Waals surface area contributed by atoms with Gasteiger partial charge in [0.15, 0.2) is 17.3 Å². The van der Waals surface area contributed by atoms with Gasteiger partial charge in [0.2, 0.25) is 0 Å². The van der Waals surface area contributed by atoms with E-state index in [0.29, 0.717) is 40.2 Å². The van der Waals surface area contributed by atoms with Crippen LogP contribution >= 0.6 is 0 Å². The molecule has 0 fully saturated rings. The van der Waals surface area contributed by atoms with Crippen molar-refractivity contribution in [1.82, 2.24) is 15.4 Å². The number of esters is 1. The maximum Gasteiger partial charge on any atom is 0.337 e. The minimum atomic E-state index is -0.514. The number of hydrogen-bond acceptors (Lipinski definition) is 7. The van der Waals surface area contributed by atoms with Crippen molar-refractivity contribution in [3.63, 3.8) is 0 Å². The zero-order chi connectivity index (χ0) is 21.1. The number of aromatic amines is 1. The van der Waals surface area contributed by atoms with E-state index in [-0.39, 0.29) is 12.4 Å². The lowest BCUT2D eigenvalue weighted by Crippen LogP contribution is -2.05. The van der Waals surface area contributed by atoms with Crippen LogP contribution in [0.15, 0.2) is 47.0 Å². The maximum absolute atomic E-state index is 14.4. The molecule has 2 aromatic carbocycles. The lowest BCUT2D eigenvalue weighted by Gasteiger charge is -2.06. The van der Waals surface area contributed by atoms with Gasteiger partial charge in [-0.25, -0.2) is 9.18 Å². The average molecular weight is 411 g/mol. The summed E-state index contributed by atoms with van der Waals surface area (Å²) in [5.41, 5.74) is 2.76. The highest BCUT2D eigenvalue weighted by Gasteiger charge is 2.17. The summed E-state index contributed by atoms with van der Waals surface area (Å²) >= 11 is 0. The quantitative estimate of drug-likeness (QED) is 0.364. The third kappa shape index (κ3) is 3.74. The number of methoxy groups -OCH3 is 2. The number of nitrogens with one attached hydrogen (secondary N) is 1. The lowest BCUT2D eigenvalue weighted by atomic mass is 10.1. The molecule has 2 heterocycles. The molecule has 4 rings (SSSR count). The van der Waals surface area contributed by atoms with Crippen molar-refractivity contribution in [2.75, 3.05) is 27.4 Å². The molecule has 4 aromatic rings. The molecule has 154 valence electrons. The summed E-state index contributed by atoms with van der Waals surface area (Å²) in [7, 11) is 2.87. The Hall–Kier alpha value is -3.72. The zero-order valence-corrected chi connectivity index (χ0v) is 16.3. The standard InChI is InChI=1S/C21H18FN3O5/c1-27-7-8-29-18-11-17-14(9-15(18)22)20(24-23-17)19-10-16(25-30-19)12-3-5-13(6-4-12)21(26)28-2/h3-6,9-11H,7-8H2,1-2H3,(H,23,24). The number of halogens is 1. The van der Waals surface area contributed by atoms with Crippen LogP contribution < -0.4 is 4.74 Å². The number of nitrogens with zero attached hydrogens (tertiary/aromatic N) is 2. The normalized spacial score (nSPS) is 11.0. The minimum Gasteiger partial charge on any atom is -0.488 e. The second-order valence-corrected chi connectivity index (χ2v) is 6.39. The van der Waals surface area contributed by atoms with Crippen molar-refractivity contribution >= 4 is 16.9 Å². The van der Waals surface area contributed by atoms with E-state index in [1.54, 1.807) is 43.5 Å². The van der Waals surface area contributed by atoms with Crippen molar-refractivity contribution in [1.29, 1.82) is 0 Å². The van der Waals surface area contributed by atoms with E-state index < -0.39 is 11.8 Å². The zero-order valence-electron chi connectivity index (χ0n) is 16.3. The SMILES string of the molecule is COCCOc1cc2[nH]nc(-c3cc(-c4ccc(C(=O)OC)cc4)no3)c2cc1F. The Morgan fingerprint density at radius 3 is 2.67 bits per heavy atom. The van der Waals surface area contributed by atoms with Crippen molar-refractivity contribution in [2.45, 2.75) is 0 Å². The van der Waals surface area contributed by atoms with E-state index in [1.807, 2.05) is 0 Å². The Balaban J connectivity index is 1.61. The van der Waals surface area contributed by atoms with Gasteiger partial charge in [-0.15, -0.1) is 0 Å². The third-order valence-corrected chi connectivity index (χ3v) is 4.51. The van der Waals surface area contributed by atoms with E-state index in [4.69, 9.17) is 18.7 Å². The molecule has 0 aliphatic rings. The lowest BCUT2D eigenvalue weighted by molar-refractivity contribution is 0.0600. The first-order valence-electron chi connectivity index (χ1n) is 9.06. The second kappa shape index (κ2) is 8.34. The van der Waals surface area contributed by atoms with Gasteiger partial charge in [0.25, 0.3) is 0 Å². The number of hydrogen-bond donors (Lipinski definition) is 1. The van der Waals surface area contributed by atoms with Crippen molar-refractivity contribution in [2.24, 2.45) is 0 Å². The fraction of sp³-hybridized carbons (Fsp3) is 0.190. The summed E-state index contributed by atoms with van der Waals surface area (Å²) < 4.78 is 34.8. The molecule has 30 heavy (non-hydrogen) atoms. The van der Waals surface area contributed by atoms with Gasteiger partial charge in [-0.05, 0) is 18.2 Å². The molecule has 8 nitrogen and oxygen atoms in total. The maximum atomic E-state index is 14.4. The molecule has 1 N–H and O–H groups in total. The van der Waals surface area contributed by atoms with Crippen LogP contribution in [-0.4, -0.2) is 48.8 Å². The Bertz CT molecular complexity index is 1180. The molecule has 0 aliphatic heterocycles. The summed E-state index contributed by atoms with van der Waals surface area (Å²) in [4.78, 5) is 11.6. The van der Waals surface area contributed by atoms with Gasteiger partial charge in [-0.2, -0.15) is 5.10 Å². The van der Waals surface area contributed by atoms with Crippen LogP contribution in [0.2, 0.25) is 0 Å². The summed E-state index contributed by atoms with van der Waals surface area (Å²) in [6, 6.07) is 11.3. The first-order valence-corrected chi connectivity index (χ1v) is 9.06. The first-order chi connectivity index (χ1) is 14.6. The van der Waals surface area contributed by atoms with Gasteiger partial charge in [0.05, 0.1) is 24.8 Å². The third-order valence-electron chi connectivity index (χ3n) is 4.51.